The molecule has 4 rings (SSSR count). The molecule has 0 spiro atoms. The minimum Gasteiger partial charge on any atom is -0.476 e. The Morgan fingerprint density at radius 2 is 1.69 bits per heavy atom. The monoisotopic (exact) mass is 447 g/mol. The van der Waals surface area contributed by atoms with Gasteiger partial charge >= 0.3 is 0 Å². The highest BCUT2D eigenvalue weighted by molar-refractivity contribution is 6.32. The van der Waals surface area contributed by atoms with Crippen LogP contribution in [-0.2, 0) is 4.79 Å². The van der Waals surface area contributed by atoms with Gasteiger partial charge in [0.1, 0.15) is 5.58 Å². The van der Waals surface area contributed by atoms with E-state index in [2.05, 4.69) is 5.32 Å². The lowest BCUT2D eigenvalue weighted by atomic mass is 10.1. The molecule has 0 aliphatic carbocycles. The summed E-state index contributed by atoms with van der Waals surface area (Å²) >= 11 is 6.23. The van der Waals surface area contributed by atoms with Gasteiger partial charge in [0.2, 0.25) is 11.2 Å². The molecule has 162 valence electrons. The molecule has 0 atom stereocenters. The molecule has 0 radical (unpaired) electrons. The molecular formula is C26H22ClNO4. The lowest BCUT2D eigenvalue weighted by molar-refractivity contribution is -0.118. The fraction of sp³-hybridized carbons (Fsp3) is 0.154. The van der Waals surface area contributed by atoms with Crippen molar-refractivity contribution < 1.29 is 13.9 Å². The minimum atomic E-state index is -0.383. The summed E-state index contributed by atoms with van der Waals surface area (Å²) in [6.45, 7) is 5.41. The number of anilines is 1. The van der Waals surface area contributed by atoms with Crippen LogP contribution in [0.5, 0.6) is 5.75 Å². The molecule has 1 N–H and O–H groups in total. The van der Waals surface area contributed by atoms with Gasteiger partial charge in [0, 0.05) is 16.3 Å². The number of halogens is 1. The van der Waals surface area contributed by atoms with Gasteiger partial charge in [0.15, 0.2) is 12.4 Å². The first-order valence-corrected chi connectivity index (χ1v) is 10.5. The van der Waals surface area contributed by atoms with E-state index in [-0.39, 0.29) is 29.5 Å². The van der Waals surface area contributed by atoms with E-state index in [1.807, 2.05) is 69.3 Å². The highest BCUT2D eigenvalue weighted by Crippen LogP contribution is 2.32. The van der Waals surface area contributed by atoms with Crippen LogP contribution in [0.4, 0.5) is 5.69 Å². The highest BCUT2D eigenvalue weighted by Gasteiger charge is 2.19. The fourth-order valence-corrected chi connectivity index (χ4v) is 3.75. The molecule has 0 saturated heterocycles. The van der Waals surface area contributed by atoms with Crippen LogP contribution < -0.4 is 15.5 Å². The predicted octanol–water partition coefficient (Wildman–Crippen LogP) is 6.06. The molecule has 0 aliphatic rings. The average molecular weight is 448 g/mol. The number of carbonyl (C=O) groups excluding carboxylic acids is 1. The van der Waals surface area contributed by atoms with E-state index in [1.54, 1.807) is 12.1 Å². The van der Waals surface area contributed by atoms with Crippen molar-refractivity contribution in [2.45, 2.75) is 20.8 Å². The van der Waals surface area contributed by atoms with E-state index in [0.717, 1.165) is 16.7 Å². The molecule has 6 heteroatoms. The topological polar surface area (TPSA) is 68.5 Å². The Morgan fingerprint density at radius 3 is 2.38 bits per heavy atom. The largest absolute Gasteiger partial charge is 0.476 e. The average Bonchev–Trinajstić information content (AvgIpc) is 2.74. The zero-order valence-corrected chi connectivity index (χ0v) is 18.7. The van der Waals surface area contributed by atoms with Crippen LogP contribution in [0, 0.1) is 20.8 Å². The third kappa shape index (κ3) is 4.53. The lowest BCUT2D eigenvalue weighted by Gasteiger charge is -2.13. The number of carbonyl (C=O) groups is 1. The summed E-state index contributed by atoms with van der Waals surface area (Å²) in [6, 6.07) is 18.2. The van der Waals surface area contributed by atoms with Crippen LogP contribution in [0.25, 0.3) is 22.3 Å². The molecule has 0 aliphatic heterocycles. The molecule has 0 fully saturated rings. The van der Waals surface area contributed by atoms with Gasteiger partial charge in [-0.05, 0) is 61.7 Å². The third-order valence-electron chi connectivity index (χ3n) is 5.02. The van der Waals surface area contributed by atoms with E-state index in [9.17, 15) is 9.59 Å². The first-order valence-electron chi connectivity index (χ1n) is 10.1. The van der Waals surface area contributed by atoms with Crippen molar-refractivity contribution in [1.82, 2.24) is 0 Å². The molecular weight excluding hydrogens is 426 g/mol. The van der Waals surface area contributed by atoms with Gasteiger partial charge in [0.25, 0.3) is 5.91 Å². The zero-order valence-electron chi connectivity index (χ0n) is 18.0. The maximum atomic E-state index is 13.3. The summed E-state index contributed by atoms with van der Waals surface area (Å²) in [5.74, 6) is -0.140. The Hall–Kier alpha value is -3.57. The second kappa shape index (κ2) is 8.89. The molecule has 4 aromatic rings. The highest BCUT2D eigenvalue weighted by atomic mass is 35.5. The summed E-state index contributed by atoms with van der Waals surface area (Å²) in [4.78, 5) is 25.8. The second-order valence-electron chi connectivity index (χ2n) is 7.77. The standard InChI is InChI=1S/C26H22ClNO4/c1-15-9-16(2)11-19(10-15)28-23(29)14-31-26-24(30)20-13-21(27)17(3)12-22(20)32-25(26)18-7-5-4-6-8-18/h4-13H,14H2,1-3H3,(H,28,29). The number of benzene rings is 3. The predicted molar refractivity (Wildman–Crippen MR) is 128 cm³/mol. The Morgan fingerprint density at radius 1 is 1.00 bits per heavy atom. The first kappa shape index (κ1) is 21.7. The summed E-state index contributed by atoms with van der Waals surface area (Å²) < 4.78 is 11.8. The second-order valence-corrected chi connectivity index (χ2v) is 8.17. The maximum Gasteiger partial charge on any atom is 0.262 e. The molecule has 5 nitrogen and oxygen atoms in total. The molecule has 1 aromatic heterocycles. The number of amides is 1. The molecule has 1 amide bonds. The quantitative estimate of drug-likeness (QED) is 0.404. The van der Waals surface area contributed by atoms with Crippen molar-refractivity contribution in [3.8, 4) is 17.1 Å². The molecule has 0 unspecified atom stereocenters. The van der Waals surface area contributed by atoms with E-state index < -0.39 is 0 Å². The van der Waals surface area contributed by atoms with Crippen molar-refractivity contribution in [1.29, 1.82) is 0 Å². The van der Waals surface area contributed by atoms with E-state index >= 15 is 0 Å². The summed E-state index contributed by atoms with van der Waals surface area (Å²) in [5, 5.41) is 3.56. The number of aryl methyl sites for hydroxylation is 3. The van der Waals surface area contributed by atoms with Crippen LogP contribution >= 0.6 is 11.6 Å². The van der Waals surface area contributed by atoms with Crippen molar-refractivity contribution in [3.05, 3.63) is 92.6 Å². The van der Waals surface area contributed by atoms with Gasteiger partial charge in [-0.25, -0.2) is 0 Å². The van der Waals surface area contributed by atoms with Gasteiger partial charge in [0.05, 0.1) is 5.39 Å². The van der Waals surface area contributed by atoms with Gasteiger partial charge in [-0.2, -0.15) is 0 Å². The molecule has 0 bridgehead atoms. The van der Waals surface area contributed by atoms with Crippen LogP contribution in [0.15, 0.2) is 69.9 Å². The third-order valence-corrected chi connectivity index (χ3v) is 5.43. The van der Waals surface area contributed by atoms with Crippen LogP contribution in [0.3, 0.4) is 0 Å². The lowest BCUT2D eigenvalue weighted by Crippen LogP contribution is -2.22. The number of nitrogens with one attached hydrogen (secondary N) is 1. The van der Waals surface area contributed by atoms with Crippen LogP contribution in [0.1, 0.15) is 16.7 Å². The van der Waals surface area contributed by atoms with E-state index in [4.69, 9.17) is 20.8 Å². The number of rotatable bonds is 5. The molecule has 3 aromatic carbocycles. The van der Waals surface area contributed by atoms with Gasteiger partial charge in [-0.15, -0.1) is 0 Å². The summed E-state index contributed by atoms with van der Waals surface area (Å²) in [7, 11) is 0. The first-order chi connectivity index (χ1) is 15.3. The SMILES string of the molecule is Cc1cc(C)cc(NC(=O)COc2c(-c3ccccc3)oc3cc(C)c(Cl)cc3c2=O)c1. The van der Waals surface area contributed by atoms with Crippen molar-refractivity contribution in [3.63, 3.8) is 0 Å². The van der Waals surface area contributed by atoms with Crippen molar-refractivity contribution in [2.75, 3.05) is 11.9 Å². The number of hydrogen-bond acceptors (Lipinski definition) is 4. The molecule has 0 saturated carbocycles. The zero-order chi connectivity index (χ0) is 22.8. The Labute approximate surface area is 190 Å². The smallest absolute Gasteiger partial charge is 0.262 e. The summed E-state index contributed by atoms with van der Waals surface area (Å²) in [6.07, 6.45) is 0. The Bertz CT molecular complexity index is 1360. The Kier molecular flexibility index (Phi) is 6.01. The Balaban J connectivity index is 1.70. The number of fused-ring (bicyclic) bond motifs is 1. The summed E-state index contributed by atoms with van der Waals surface area (Å²) in [5.41, 5.74) is 4.23. The van der Waals surface area contributed by atoms with Crippen LogP contribution in [-0.4, -0.2) is 12.5 Å². The molecule has 1 heterocycles. The van der Waals surface area contributed by atoms with Gasteiger partial charge < -0.3 is 14.5 Å². The number of ether oxygens (including phenoxy) is 1. The minimum absolute atomic E-state index is 0.0285. The fourth-order valence-electron chi connectivity index (χ4n) is 3.59. The van der Waals surface area contributed by atoms with E-state index in [1.165, 1.54) is 0 Å². The normalized spacial score (nSPS) is 10.9. The van der Waals surface area contributed by atoms with Crippen LogP contribution in [0.2, 0.25) is 5.02 Å². The van der Waals surface area contributed by atoms with Crippen molar-refractivity contribution in [2.24, 2.45) is 0 Å². The van der Waals surface area contributed by atoms with Gasteiger partial charge in [-0.3, -0.25) is 9.59 Å². The maximum absolute atomic E-state index is 13.3. The number of hydrogen-bond donors (Lipinski definition) is 1. The van der Waals surface area contributed by atoms with Gasteiger partial charge in [-0.1, -0.05) is 48.0 Å². The van der Waals surface area contributed by atoms with Crippen molar-refractivity contribution >= 4 is 34.2 Å². The van der Waals surface area contributed by atoms with E-state index in [0.29, 0.717) is 27.2 Å². The molecule has 32 heavy (non-hydrogen) atoms.